The molecule has 8 aromatic rings. The molecule has 0 radical (unpaired) electrons. The second-order valence-electron chi connectivity index (χ2n) is 13.7. The van der Waals surface area contributed by atoms with Gasteiger partial charge in [-0.05, 0) is 87.6 Å². The van der Waals surface area contributed by atoms with Crippen molar-refractivity contribution in [1.82, 2.24) is 4.57 Å². The highest BCUT2D eigenvalue weighted by Crippen LogP contribution is 2.56. The molecule has 1 atom stereocenters. The second kappa shape index (κ2) is 9.70. The van der Waals surface area contributed by atoms with E-state index in [1.165, 1.54) is 77.2 Å². The Labute approximate surface area is 273 Å². The van der Waals surface area contributed by atoms with Gasteiger partial charge in [0.05, 0.1) is 11.0 Å². The van der Waals surface area contributed by atoms with Gasteiger partial charge in [-0.2, -0.15) is 0 Å². The average molecular weight is 604 g/mol. The first kappa shape index (κ1) is 26.6. The van der Waals surface area contributed by atoms with Crippen LogP contribution in [0.2, 0.25) is 0 Å². The highest BCUT2D eigenvalue weighted by Gasteiger charge is 2.45. The fourth-order valence-electron chi connectivity index (χ4n) is 8.49. The summed E-state index contributed by atoms with van der Waals surface area (Å²) in [7, 11) is 0. The lowest BCUT2D eigenvalue weighted by molar-refractivity contribution is 0.415. The normalized spacial score (nSPS) is 16.9. The second-order valence-corrected chi connectivity index (χ2v) is 13.7. The van der Waals surface area contributed by atoms with Crippen molar-refractivity contribution in [2.24, 2.45) is 5.92 Å². The molecule has 0 bridgehead atoms. The van der Waals surface area contributed by atoms with E-state index in [0.29, 0.717) is 5.92 Å². The minimum Gasteiger partial charge on any atom is -0.455 e. The lowest BCUT2D eigenvalue weighted by atomic mass is 9.74. The van der Waals surface area contributed by atoms with Crippen LogP contribution >= 0.6 is 0 Å². The van der Waals surface area contributed by atoms with Gasteiger partial charge in [0.2, 0.25) is 0 Å². The fourth-order valence-corrected chi connectivity index (χ4v) is 8.49. The van der Waals surface area contributed by atoms with Gasteiger partial charge in [-0.15, -0.1) is 0 Å². The molecule has 10 rings (SSSR count). The standard InChI is InChI=1S/C45H33NO/c1-45(2)38-21-19-32(27-37(38)43-39(45)22-20-34-33-15-9-10-16-42(33)47-44(34)43)46-40-23-17-30(28-11-5-3-6-12-28)25-35(40)36-26-31(18-24-41(36)46)29-13-7-4-8-14-29/h3-20,22-27,38H,21H2,1-2H3. The molecule has 0 saturated carbocycles. The van der Waals surface area contributed by atoms with Crippen LogP contribution in [-0.2, 0) is 5.41 Å². The maximum absolute atomic E-state index is 6.65. The molecule has 2 aliphatic rings. The van der Waals surface area contributed by atoms with Crippen LogP contribution in [0.3, 0.4) is 0 Å². The summed E-state index contributed by atoms with van der Waals surface area (Å²) in [5, 5.41) is 4.93. The fraction of sp³-hybridized carbons (Fsp3) is 0.111. The van der Waals surface area contributed by atoms with E-state index in [4.69, 9.17) is 4.42 Å². The summed E-state index contributed by atoms with van der Waals surface area (Å²) in [5.41, 5.74) is 14.7. The van der Waals surface area contributed by atoms with Crippen molar-refractivity contribution >= 4 is 55.0 Å². The van der Waals surface area contributed by atoms with Gasteiger partial charge in [0, 0.05) is 32.8 Å². The van der Waals surface area contributed by atoms with Crippen molar-refractivity contribution in [2.75, 3.05) is 0 Å². The van der Waals surface area contributed by atoms with Gasteiger partial charge in [-0.25, -0.2) is 0 Å². The van der Waals surface area contributed by atoms with Crippen LogP contribution in [-0.4, -0.2) is 4.57 Å². The maximum atomic E-state index is 6.65. The molecule has 2 nitrogen and oxygen atoms in total. The van der Waals surface area contributed by atoms with E-state index in [0.717, 1.165) is 17.6 Å². The molecule has 2 heterocycles. The number of hydrogen-bond donors (Lipinski definition) is 0. The quantitative estimate of drug-likeness (QED) is 0.196. The Hall–Kier alpha value is -5.60. The lowest BCUT2D eigenvalue weighted by Gasteiger charge is -2.30. The van der Waals surface area contributed by atoms with Crippen LogP contribution in [0.25, 0.3) is 77.3 Å². The number of para-hydroxylation sites is 1. The summed E-state index contributed by atoms with van der Waals surface area (Å²) in [6, 6.07) is 48.4. The smallest absolute Gasteiger partial charge is 0.143 e. The largest absolute Gasteiger partial charge is 0.455 e. The number of benzene rings is 6. The van der Waals surface area contributed by atoms with Gasteiger partial charge in [-0.3, -0.25) is 0 Å². The van der Waals surface area contributed by atoms with Crippen molar-refractivity contribution < 1.29 is 4.42 Å². The van der Waals surface area contributed by atoms with Gasteiger partial charge < -0.3 is 8.98 Å². The third kappa shape index (κ3) is 3.79. The predicted octanol–water partition coefficient (Wildman–Crippen LogP) is 12.3. The van der Waals surface area contributed by atoms with Crippen molar-refractivity contribution in [3.05, 3.63) is 157 Å². The Balaban J connectivity index is 1.21. The molecule has 1 unspecified atom stereocenters. The third-order valence-corrected chi connectivity index (χ3v) is 10.9. The first-order valence-electron chi connectivity index (χ1n) is 16.6. The molecule has 0 amide bonds. The van der Waals surface area contributed by atoms with Crippen LogP contribution < -0.4 is 0 Å². The zero-order valence-corrected chi connectivity index (χ0v) is 26.5. The Morgan fingerprint density at radius 2 is 1.21 bits per heavy atom. The Kier molecular flexibility index (Phi) is 5.49. The molecule has 47 heavy (non-hydrogen) atoms. The number of allylic oxidation sites excluding steroid dienone is 4. The van der Waals surface area contributed by atoms with Crippen molar-refractivity contribution in [2.45, 2.75) is 25.7 Å². The van der Waals surface area contributed by atoms with Crippen molar-refractivity contribution in [3.8, 4) is 22.3 Å². The molecule has 0 fully saturated rings. The van der Waals surface area contributed by atoms with Gasteiger partial charge >= 0.3 is 0 Å². The van der Waals surface area contributed by atoms with Crippen LogP contribution in [0.5, 0.6) is 0 Å². The molecule has 2 aliphatic carbocycles. The Morgan fingerprint density at radius 3 is 1.87 bits per heavy atom. The number of nitrogens with zero attached hydrogens (tertiary/aromatic N) is 1. The summed E-state index contributed by atoms with van der Waals surface area (Å²) in [5.74, 6) is 0.391. The van der Waals surface area contributed by atoms with Gasteiger partial charge in [0.25, 0.3) is 0 Å². The average Bonchev–Trinajstić information content (AvgIpc) is 3.74. The summed E-state index contributed by atoms with van der Waals surface area (Å²) in [6.45, 7) is 4.81. The first-order valence-corrected chi connectivity index (χ1v) is 16.6. The predicted molar refractivity (Wildman–Crippen MR) is 197 cm³/mol. The summed E-state index contributed by atoms with van der Waals surface area (Å²) >= 11 is 0. The van der Waals surface area contributed by atoms with Crippen LogP contribution in [0.15, 0.2) is 150 Å². The van der Waals surface area contributed by atoms with Crippen molar-refractivity contribution in [3.63, 3.8) is 0 Å². The number of fused-ring (bicyclic) bond motifs is 10. The minimum atomic E-state index is 0.00630. The lowest BCUT2D eigenvalue weighted by Crippen LogP contribution is -2.24. The van der Waals surface area contributed by atoms with E-state index in [2.05, 4.69) is 164 Å². The van der Waals surface area contributed by atoms with E-state index in [1.807, 2.05) is 0 Å². The molecule has 2 aromatic heterocycles. The Morgan fingerprint density at radius 1 is 0.596 bits per heavy atom. The van der Waals surface area contributed by atoms with Gasteiger partial charge in [0.1, 0.15) is 11.2 Å². The summed E-state index contributed by atoms with van der Waals surface area (Å²) < 4.78 is 9.13. The van der Waals surface area contributed by atoms with E-state index in [-0.39, 0.29) is 5.41 Å². The highest BCUT2D eigenvalue weighted by atomic mass is 16.3. The molecule has 224 valence electrons. The maximum Gasteiger partial charge on any atom is 0.143 e. The van der Waals surface area contributed by atoms with Crippen molar-refractivity contribution in [1.29, 1.82) is 0 Å². The summed E-state index contributed by atoms with van der Waals surface area (Å²) in [4.78, 5) is 0. The first-order chi connectivity index (χ1) is 23.1. The number of rotatable bonds is 3. The highest BCUT2D eigenvalue weighted by molar-refractivity contribution is 6.14. The van der Waals surface area contributed by atoms with E-state index in [9.17, 15) is 0 Å². The van der Waals surface area contributed by atoms with Gasteiger partial charge in [-0.1, -0.05) is 123 Å². The SMILES string of the molecule is CC1(C)c2ccc3c(oc4ccccc43)c2C2=CC(n3c4ccc(-c5ccccc5)cc4c4cc(-c5ccccc5)ccc43)=CCC21. The third-order valence-electron chi connectivity index (χ3n) is 10.9. The topological polar surface area (TPSA) is 18.1 Å². The number of furan rings is 1. The molecular weight excluding hydrogens is 571 g/mol. The monoisotopic (exact) mass is 603 g/mol. The molecule has 0 aliphatic heterocycles. The van der Waals surface area contributed by atoms with E-state index >= 15 is 0 Å². The van der Waals surface area contributed by atoms with Crippen LogP contribution in [0.1, 0.15) is 31.4 Å². The molecule has 6 aromatic carbocycles. The Bertz CT molecular complexity index is 2510. The minimum absolute atomic E-state index is 0.00630. The number of aromatic nitrogens is 1. The van der Waals surface area contributed by atoms with E-state index in [1.54, 1.807) is 0 Å². The molecule has 0 saturated heterocycles. The number of hydrogen-bond acceptors (Lipinski definition) is 1. The van der Waals surface area contributed by atoms with Crippen LogP contribution in [0, 0.1) is 5.92 Å². The molecular formula is C45H33NO. The summed E-state index contributed by atoms with van der Waals surface area (Å²) in [6.07, 6.45) is 5.91. The van der Waals surface area contributed by atoms with E-state index < -0.39 is 0 Å². The van der Waals surface area contributed by atoms with Gasteiger partial charge in [0.15, 0.2) is 0 Å². The molecule has 0 N–H and O–H groups in total. The zero-order valence-electron chi connectivity index (χ0n) is 26.5. The van der Waals surface area contributed by atoms with Crippen LogP contribution in [0.4, 0.5) is 0 Å². The zero-order chi connectivity index (χ0) is 31.3. The molecule has 2 heteroatoms. The molecule has 0 spiro atoms.